The lowest BCUT2D eigenvalue weighted by atomic mass is 9.88. The number of nitrogens with one attached hydrogen (secondary N) is 1. The fraction of sp³-hybridized carbons (Fsp3) is 0.800. The molecule has 1 nitrogen and oxygen atoms in total. The van der Waals surface area contributed by atoms with E-state index in [0.717, 1.165) is 19.4 Å². The monoisotopic (exact) mass is 151 g/mol. The van der Waals surface area contributed by atoms with Gasteiger partial charge in [0.05, 0.1) is 5.54 Å². The van der Waals surface area contributed by atoms with E-state index >= 15 is 0 Å². The molecule has 0 saturated carbocycles. The minimum absolute atomic E-state index is 0.0359. The standard InChI is InChI=1S/C10H17N/c1-4-10(8-9(2)3)6-5-7-11-10/h1,9,11H,5-8H2,2-3H3. The number of terminal acetylenes is 1. The maximum Gasteiger partial charge on any atom is 0.0801 e. The molecule has 1 saturated heterocycles. The molecule has 1 heterocycles. The van der Waals surface area contributed by atoms with Crippen LogP contribution in [0.4, 0.5) is 0 Å². The Balaban J connectivity index is 2.54. The van der Waals surface area contributed by atoms with Crippen LogP contribution in [0.3, 0.4) is 0 Å². The van der Waals surface area contributed by atoms with Gasteiger partial charge in [-0.2, -0.15) is 0 Å². The molecule has 62 valence electrons. The second kappa shape index (κ2) is 3.28. The zero-order valence-electron chi connectivity index (χ0n) is 7.48. The van der Waals surface area contributed by atoms with Gasteiger partial charge in [-0.15, -0.1) is 6.42 Å². The molecule has 0 bridgehead atoms. The third-order valence-electron chi connectivity index (χ3n) is 2.28. The van der Waals surface area contributed by atoms with Gasteiger partial charge in [0.2, 0.25) is 0 Å². The molecule has 1 atom stereocenters. The maximum absolute atomic E-state index is 5.50. The number of hydrogen-bond donors (Lipinski definition) is 1. The topological polar surface area (TPSA) is 12.0 Å². The van der Waals surface area contributed by atoms with Crippen LogP contribution in [0.2, 0.25) is 0 Å². The van der Waals surface area contributed by atoms with Gasteiger partial charge in [0.25, 0.3) is 0 Å². The van der Waals surface area contributed by atoms with Crippen LogP contribution in [0.15, 0.2) is 0 Å². The van der Waals surface area contributed by atoms with Crippen LogP contribution in [-0.4, -0.2) is 12.1 Å². The Bertz CT molecular complexity index is 158. The van der Waals surface area contributed by atoms with E-state index in [1.165, 1.54) is 6.42 Å². The molecule has 0 aromatic heterocycles. The molecule has 0 amide bonds. The van der Waals surface area contributed by atoms with Crippen molar-refractivity contribution in [2.24, 2.45) is 5.92 Å². The van der Waals surface area contributed by atoms with E-state index in [2.05, 4.69) is 25.1 Å². The lowest BCUT2D eigenvalue weighted by Crippen LogP contribution is -2.39. The summed E-state index contributed by atoms with van der Waals surface area (Å²) < 4.78 is 0. The molecule has 0 aromatic carbocycles. The van der Waals surface area contributed by atoms with Crippen molar-refractivity contribution in [3.05, 3.63) is 0 Å². The van der Waals surface area contributed by atoms with Crippen molar-refractivity contribution in [3.8, 4) is 12.3 Å². The third-order valence-corrected chi connectivity index (χ3v) is 2.28. The molecule has 0 aliphatic carbocycles. The van der Waals surface area contributed by atoms with E-state index in [9.17, 15) is 0 Å². The van der Waals surface area contributed by atoms with Crippen molar-refractivity contribution in [3.63, 3.8) is 0 Å². The highest BCUT2D eigenvalue weighted by Crippen LogP contribution is 2.25. The van der Waals surface area contributed by atoms with Crippen molar-refractivity contribution in [2.75, 3.05) is 6.54 Å². The molecule has 1 heteroatoms. The average Bonchev–Trinajstić information content (AvgIpc) is 2.36. The Morgan fingerprint density at radius 2 is 2.36 bits per heavy atom. The Morgan fingerprint density at radius 1 is 1.64 bits per heavy atom. The zero-order chi connectivity index (χ0) is 8.32. The highest BCUT2D eigenvalue weighted by atomic mass is 15.0. The largest absolute Gasteiger partial charge is 0.301 e. The summed E-state index contributed by atoms with van der Waals surface area (Å²) in [4.78, 5) is 0. The van der Waals surface area contributed by atoms with Gasteiger partial charge in [0, 0.05) is 0 Å². The van der Waals surface area contributed by atoms with E-state index in [4.69, 9.17) is 6.42 Å². The van der Waals surface area contributed by atoms with Gasteiger partial charge in [-0.1, -0.05) is 19.8 Å². The van der Waals surface area contributed by atoms with Gasteiger partial charge in [-0.05, 0) is 31.7 Å². The second-order valence-corrected chi connectivity index (χ2v) is 3.85. The van der Waals surface area contributed by atoms with Gasteiger partial charge in [0.1, 0.15) is 0 Å². The molecule has 1 aliphatic heterocycles. The van der Waals surface area contributed by atoms with E-state index in [-0.39, 0.29) is 5.54 Å². The molecular formula is C10H17N. The Labute approximate surface area is 69.6 Å². The summed E-state index contributed by atoms with van der Waals surface area (Å²) in [6.07, 6.45) is 9.01. The van der Waals surface area contributed by atoms with Crippen LogP contribution in [0.1, 0.15) is 33.1 Å². The van der Waals surface area contributed by atoms with Gasteiger partial charge >= 0.3 is 0 Å². The molecule has 0 aromatic rings. The Kier molecular flexibility index (Phi) is 2.57. The molecule has 1 N–H and O–H groups in total. The summed E-state index contributed by atoms with van der Waals surface area (Å²) in [5.74, 6) is 3.59. The minimum atomic E-state index is 0.0359. The van der Waals surface area contributed by atoms with Crippen LogP contribution in [0, 0.1) is 18.3 Å². The maximum atomic E-state index is 5.50. The van der Waals surface area contributed by atoms with Gasteiger partial charge in [-0.25, -0.2) is 0 Å². The van der Waals surface area contributed by atoms with E-state index in [0.29, 0.717) is 5.92 Å². The Morgan fingerprint density at radius 3 is 2.73 bits per heavy atom. The second-order valence-electron chi connectivity index (χ2n) is 3.85. The van der Waals surface area contributed by atoms with Crippen LogP contribution < -0.4 is 5.32 Å². The minimum Gasteiger partial charge on any atom is -0.301 e. The first-order valence-electron chi connectivity index (χ1n) is 4.41. The molecule has 0 spiro atoms. The fourth-order valence-corrected chi connectivity index (χ4v) is 1.86. The van der Waals surface area contributed by atoms with Crippen molar-refractivity contribution < 1.29 is 0 Å². The normalized spacial score (nSPS) is 30.7. The fourth-order valence-electron chi connectivity index (χ4n) is 1.86. The van der Waals surface area contributed by atoms with Crippen molar-refractivity contribution in [1.29, 1.82) is 0 Å². The highest BCUT2D eigenvalue weighted by Gasteiger charge is 2.31. The molecule has 1 fully saturated rings. The molecule has 11 heavy (non-hydrogen) atoms. The van der Waals surface area contributed by atoms with Gasteiger partial charge in [0.15, 0.2) is 0 Å². The van der Waals surface area contributed by atoms with E-state index < -0.39 is 0 Å². The van der Waals surface area contributed by atoms with E-state index in [1.54, 1.807) is 0 Å². The lowest BCUT2D eigenvalue weighted by Gasteiger charge is -2.24. The van der Waals surface area contributed by atoms with E-state index in [1.807, 2.05) is 0 Å². The first-order valence-corrected chi connectivity index (χ1v) is 4.41. The number of rotatable bonds is 2. The first-order chi connectivity index (χ1) is 5.18. The molecule has 1 unspecified atom stereocenters. The summed E-state index contributed by atoms with van der Waals surface area (Å²) in [6, 6.07) is 0. The van der Waals surface area contributed by atoms with Crippen LogP contribution >= 0.6 is 0 Å². The highest BCUT2D eigenvalue weighted by molar-refractivity contribution is 5.15. The lowest BCUT2D eigenvalue weighted by molar-refractivity contribution is 0.386. The molecule has 1 rings (SSSR count). The molecular weight excluding hydrogens is 134 g/mol. The third kappa shape index (κ3) is 1.97. The van der Waals surface area contributed by atoms with Crippen molar-refractivity contribution in [2.45, 2.75) is 38.6 Å². The zero-order valence-corrected chi connectivity index (χ0v) is 7.48. The first kappa shape index (κ1) is 8.62. The smallest absolute Gasteiger partial charge is 0.0801 e. The SMILES string of the molecule is C#CC1(CC(C)C)CCCN1. The van der Waals surface area contributed by atoms with Crippen LogP contribution in [0.25, 0.3) is 0 Å². The Hall–Kier alpha value is -0.480. The van der Waals surface area contributed by atoms with Gasteiger partial charge in [-0.3, -0.25) is 0 Å². The van der Waals surface area contributed by atoms with Gasteiger partial charge < -0.3 is 5.32 Å². The van der Waals surface area contributed by atoms with Crippen molar-refractivity contribution >= 4 is 0 Å². The summed E-state index contributed by atoms with van der Waals surface area (Å²) in [5.41, 5.74) is 0.0359. The predicted molar refractivity (Wildman–Crippen MR) is 48.3 cm³/mol. The molecule has 0 radical (unpaired) electrons. The molecule has 1 aliphatic rings. The predicted octanol–water partition coefficient (Wildman–Crippen LogP) is 1.79. The quantitative estimate of drug-likeness (QED) is 0.593. The number of hydrogen-bond acceptors (Lipinski definition) is 1. The van der Waals surface area contributed by atoms with Crippen LogP contribution in [0.5, 0.6) is 0 Å². The average molecular weight is 151 g/mol. The van der Waals surface area contributed by atoms with Crippen LogP contribution in [-0.2, 0) is 0 Å². The summed E-state index contributed by atoms with van der Waals surface area (Å²) in [5, 5.41) is 3.42. The summed E-state index contributed by atoms with van der Waals surface area (Å²) >= 11 is 0. The summed E-state index contributed by atoms with van der Waals surface area (Å²) in [6.45, 7) is 5.54. The van der Waals surface area contributed by atoms with Crippen molar-refractivity contribution in [1.82, 2.24) is 5.32 Å². The summed E-state index contributed by atoms with van der Waals surface area (Å²) in [7, 11) is 0.